The van der Waals surface area contributed by atoms with Gasteiger partial charge in [-0.3, -0.25) is 9.59 Å². The van der Waals surface area contributed by atoms with Gasteiger partial charge in [0.25, 0.3) is 0 Å². The zero-order valence-electron chi connectivity index (χ0n) is 13.0. The highest BCUT2D eigenvalue weighted by atomic mass is 16.2. The zero-order chi connectivity index (χ0) is 16.2. The lowest BCUT2D eigenvalue weighted by Crippen LogP contribution is -2.27. The largest absolute Gasteiger partial charge is 0.349 e. The minimum atomic E-state index is -0.0709. The summed E-state index contributed by atoms with van der Waals surface area (Å²) in [6.07, 6.45) is 1.99. The quantitative estimate of drug-likeness (QED) is 0.780. The standard InChI is InChI=1S/C16H19N5O2/c1-10-3-2-4-12-16(10)19-13(18-12)9-17-14(22)7-5-11-6-8-15(23)21-20-11/h2-4H,5-9H2,1H3,(H,17,22)(H,18,19)(H,21,23). The first-order valence-corrected chi connectivity index (χ1v) is 7.67. The summed E-state index contributed by atoms with van der Waals surface area (Å²) in [7, 11) is 0. The molecule has 0 fully saturated rings. The van der Waals surface area contributed by atoms with Crippen LogP contribution < -0.4 is 10.7 Å². The Bertz CT molecular complexity index is 778. The molecule has 23 heavy (non-hydrogen) atoms. The lowest BCUT2D eigenvalue weighted by molar-refractivity contribution is -0.121. The van der Waals surface area contributed by atoms with Crippen molar-refractivity contribution in [3.63, 3.8) is 0 Å². The molecule has 0 unspecified atom stereocenters. The number of amides is 2. The predicted octanol–water partition coefficient (Wildman–Crippen LogP) is 1.53. The number of aryl methyl sites for hydroxylation is 1. The molecule has 2 amide bonds. The minimum absolute atomic E-state index is 0.0539. The van der Waals surface area contributed by atoms with Crippen molar-refractivity contribution in [1.82, 2.24) is 20.7 Å². The number of hydrogen-bond donors (Lipinski definition) is 3. The van der Waals surface area contributed by atoms with E-state index in [1.165, 1.54) is 0 Å². The summed E-state index contributed by atoms with van der Waals surface area (Å²) in [6.45, 7) is 2.38. The first kappa shape index (κ1) is 15.2. The van der Waals surface area contributed by atoms with Crippen LogP contribution in [-0.2, 0) is 16.1 Å². The van der Waals surface area contributed by atoms with Crippen LogP contribution in [0.2, 0.25) is 0 Å². The Morgan fingerprint density at radius 3 is 2.96 bits per heavy atom. The van der Waals surface area contributed by atoms with Gasteiger partial charge >= 0.3 is 0 Å². The third-order valence-corrected chi connectivity index (χ3v) is 3.84. The number of para-hydroxylation sites is 1. The molecule has 1 aromatic heterocycles. The molecule has 2 aromatic rings. The molecule has 0 saturated carbocycles. The molecule has 0 bridgehead atoms. The van der Waals surface area contributed by atoms with Gasteiger partial charge in [-0.1, -0.05) is 12.1 Å². The molecule has 7 nitrogen and oxygen atoms in total. The second-order valence-corrected chi connectivity index (χ2v) is 5.64. The number of benzene rings is 1. The lowest BCUT2D eigenvalue weighted by atomic mass is 10.1. The van der Waals surface area contributed by atoms with Crippen molar-refractivity contribution in [2.24, 2.45) is 5.10 Å². The Morgan fingerprint density at radius 2 is 2.22 bits per heavy atom. The van der Waals surface area contributed by atoms with Crippen LogP contribution >= 0.6 is 0 Å². The number of nitrogens with zero attached hydrogens (tertiary/aromatic N) is 2. The highest BCUT2D eigenvalue weighted by Crippen LogP contribution is 2.15. The molecular weight excluding hydrogens is 294 g/mol. The van der Waals surface area contributed by atoms with Gasteiger partial charge in [0.05, 0.1) is 17.6 Å². The maximum Gasteiger partial charge on any atom is 0.240 e. The fourth-order valence-corrected chi connectivity index (χ4v) is 2.53. The van der Waals surface area contributed by atoms with Gasteiger partial charge in [0.1, 0.15) is 5.82 Å². The van der Waals surface area contributed by atoms with E-state index in [1.54, 1.807) is 0 Å². The monoisotopic (exact) mass is 313 g/mol. The first-order valence-electron chi connectivity index (χ1n) is 7.67. The third-order valence-electron chi connectivity index (χ3n) is 3.84. The van der Waals surface area contributed by atoms with Crippen molar-refractivity contribution < 1.29 is 9.59 Å². The van der Waals surface area contributed by atoms with E-state index in [9.17, 15) is 9.59 Å². The molecule has 1 aliphatic heterocycles. The predicted molar refractivity (Wildman–Crippen MR) is 86.7 cm³/mol. The van der Waals surface area contributed by atoms with E-state index in [0.717, 1.165) is 28.1 Å². The molecule has 0 aliphatic carbocycles. The summed E-state index contributed by atoms with van der Waals surface area (Å²) >= 11 is 0. The number of H-pyrrole nitrogens is 1. The number of rotatable bonds is 5. The van der Waals surface area contributed by atoms with Gasteiger partial charge in [0, 0.05) is 18.6 Å². The molecule has 120 valence electrons. The van der Waals surface area contributed by atoms with Gasteiger partial charge in [0.2, 0.25) is 11.8 Å². The van der Waals surface area contributed by atoms with Crippen molar-refractivity contribution in [3.05, 3.63) is 29.6 Å². The second kappa shape index (κ2) is 6.60. The highest BCUT2D eigenvalue weighted by molar-refractivity contribution is 5.94. The molecule has 7 heteroatoms. The smallest absolute Gasteiger partial charge is 0.240 e. The van der Waals surface area contributed by atoms with Crippen LogP contribution in [0.4, 0.5) is 0 Å². The SMILES string of the molecule is Cc1cccc2[nH]c(CNC(=O)CCC3=NNC(=O)CC3)nc12. The van der Waals surface area contributed by atoms with Crippen molar-refractivity contribution in [3.8, 4) is 0 Å². The van der Waals surface area contributed by atoms with E-state index < -0.39 is 0 Å². The summed E-state index contributed by atoms with van der Waals surface area (Å²) in [5, 5.41) is 6.81. The van der Waals surface area contributed by atoms with E-state index in [1.807, 2.05) is 25.1 Å². The molecular formula is C16H19N5O2. The number of imidazole rings is 1. The number of carbonyl (C=O) groups is 2. The lowest BCUT2D eigenvalue weighted by Gasteiger charge is -2.11. The van der Waals surface area contributed by atoms with E-state index in [0.29, 0.717) is 32.2 Å². The maximum atomic E-state index is 11.9. The van der Waals surface area contributed by atoms with Gasteiger partial charge in [-0.05, 0) is 31.4 Å². The maximum absolute atomic E-state index is 11.9. The third kappa shape index (κ3) is 3.74. The molecule has 1 aliphatic rings. The number of fused-ring (bicyclic) bond motifs is 1. The highest BCUT2D eigenvalue weighted by Gasteiger charge is 2.13. The van der Waals surface area contributed by atoms with Gasteiger partial charge < -0.3 is 10.3 Å². The van der Waals surface area contributed by atoms with Crippen molar-refractivity contribution >= 4 is 28.6 Å². The van der Waals surface area contributed by atoms with Crippen LogP contribution in [0.5, 0.6) is 0 Å². The topological polar surface area (TPSA) is 99.2 Å². The van der Waals surface area contributed by atoms with Gasteiger partial charge in [-0.15, -0.1) is 0 Å². The normalized spacial score (nSPS) is 14.5. The van der Waals surface area contributed by atoms with Crippen LogP contribution in [-0.4, -0.2) is 27.5 Å². The number of hydrogen-bond acceptors (Lipinski definition) is 4. The number of hydrazone groups is 1. The number of aromatic amines is 1. The second-order valence-electron chi connectivity index (χ2n) is 5.64. The zero-order valence-corrected chi connectivity index (χ0v) is 13.0. The van der Waals surface area contributed by atoms with Crippen LogP contribution in [0.1, 0.15) is 37.1 Å². The summed E-state index contributed by atoms with van der Waals surface area (Å²) in [5.41, 5.74) is 6.31. The minimum Gasteiger partial charge on any atom is -0.349 e. The Kier molecular flexibility index (Phi) is 4.36. The molecule has 0 saturated heterocycles. The number of aromatic nitrogens is 2. The summed E-state index contributed by atoms with van der Waals surface area (Å²) in [6, 6.07) is 5.95. The van der Waals surface area contributed by atoms with E-state index >= 15 is 0 Å². The average molecular weight is 313 g/mol. The first-order chi connectivity index (χ1) is 11.1. The summed E-state index contributed by atoms with van der Waals surface area (Å²) < 4.78 is 0. The molecule has 0 atom stereocenters. The van der Waals surface area contributed by atoms with Crippen LogP contribution in [0.3, 0.4) is 0 Å². The molecule has 0 spiro atoms. The van der Waals surface area contributed by atoms with Gasteiger partial charge in [-0.2, -0.15) is 5.10 Å². The molecule has 3 rings (SSSR count). The van der Waals surface area contributed by atoms with Gasteiger partial charge in [0.15, 0.2) is 0 Å². The Balaban J connectivity index is 1.50. The van der Waals surface area contributed by atoms with E-state index in [4.69, 9.17) is 0 Å². The average Bonchev–Trinajstić information content (AvgIpc) is 2.97. The fraction of sp³-hybridized carbons (Fsp3) is 0.375. The number of nitrogens with one attached hydrogen (secondary N) is 3. The Morgan fingerprint density at radius 1 is 1.35 bits per heavy atom. The van der Waals surface area contributed by atoms with Crippen LogP contribution in [0.15, 0.2) is 23.3 Å². The van der Waals surface area contributed by atoms with E-state index in [2.05, 4.69) is 25.8 Å². The molecule has 2 heterocycles. The van der Waals surface area contributed by atoms with Crippen molar-refractivity contribution in [2.45, 2.75) is 39.2 Å². The van der Waals surface area contributed by atoms with Crippen molar-refractivity contribution in [2.75, 3.05) is 0 Å². The molecule has 1 aromatic carbocycles. The van der Waals surface area contributed by atoms with E-state index in [-0.39, 0.29) is 11.8 Å². The fourth-order valence-electron chi connectivity index (χ4n) is 2.53. The Hall–Kier alpha value is -2.70. The summed E-state index contributed by atoms with van der Waals surface area (Å²) in [5.74, 6) is 0.616. The molecule has 0 radical (unpaired) electrons. The number of carbonyl (C=O) groups excluding carboxylic acids is 2. The Labute approximate surface area is 133 Å². The van der Waals surface area contributed by atoms with Crippen molar-refractivity contribution in [1.29, 1.82) is 0 Å². The van der Waals surface area contributed by atoms with Gasteiger partial charge in [-0.25, -0.2) is 10.4 Å². The van der Waals surface area contributed by atoms with Crippen LogP contribution in [0, 0.1) is 6.92 Å². The van der Waals surface area contributed by atoms with Crippen LogP contribution in [0.25, 0.3) is 11.0 Å². The summed E-state index contributed by atoms with van der Waals surface area (Å²) in [4.78, 5) is 30.6. The molecule has 3 N–H and O–H groups in total.